The Morgan fingerprint density at radius 3 is 3.07 bits per heavy atom. The summed E-state index contributed by atoms with van der Waals surface area (Å²) in [4.78, 5) is 1.29. The van der Waals surface area contributed by atoms with Crippen molar-refractivity contribution in [3.63, 3.8) is 0 Å². The van der Waals surface area contributed by atoms with E-state index in [1.54, 1.807) is 11.3 Å². The predicted molar refractivity (Wildman–Crippen MR) is 60.1 cm³/mol. The van der Waals surface area contributed by atoms with Crippen molar-refractivity contribution < 1.29 is 4.74 Å². The van der Waals surface area contributed by atoms with Gasteiger partial charge in [0.05, 0.1) is 10.9 Å². The van der Waals surface area contributed by atoms with Gasteiger partial charge in [0.2, 0.25) is 0 Å². The van der Waals surface area contributed by atoms with Gasteiger partial charge < -0.3 is 10.1 Å². The fraction of sp³-hybridized carbons (Fsp3) is 0.600. The topological polar surface area (TPSA) is 21.3 Å². The van der Waals surface area contributed by atoms with Crippen LogP contribution in [0.1, 0.15) is 24.3 Å². The summed E-state index contributed by atoms with van der Waals surface area (Å²) in [6.45, 7) is 3.89. The highest BCUT2D eigenvalue weighted by Gasteiger charge is 2.18. The predicted octanol–water partition coefficient (Wildman–Crippen LogP) is 2.84. The summed E-state index contributed by atoms with van der Waals surface area (Å²) >= 11 is 7.53. The van der Waals surface area contributed by atoms with Gasteiger partial charge in [-0.3, -0.25) is 0 Å². The maximum absolute atomic E-state index is 5.89. The van der Waals surface area contributed by atoms with Gasteiger partial charge in [-0.05, 0) is 25.5 Å². The SMILES string of the molecule is CC(NC1CCOC1)c1ccc(Cl)s1. The average Bonchev–Trinajstić information content (AvgIpc) is 2.75. The fourth-order valence-electron chi connectivity index (χ4n) is 1.66. The average molecular weight is 232 g/mol. The highest BCUT2D eigenvalue weighted by molar-refractivity contribution is 7.16. The molecule has 0 aliphatic carbocycles. The van der Waals surface area contributed by atoms with E-state index in [1.165, 1.54) is 4.88 Å². The Hall–Kier alpha value is -0.0900. The summed E-state index contributed by atoms with van der Waals surface area (Å²) in [5.41, 5.74) is 0. The Kier molecular flexibility index (Phi) is 3.44. The third-order valence-electron chi connectivity index (χ3n) is 2.44. The molecule has 0 amide bonds. The van der Waals surface area contributed by atoms with Crippen molar-refractivity contribution in [3.05, 3.63) is 21.3 Å². The lowest BCUT2D eigenvalue weighted by molar-refractivity contribution is 0.188. The van der Waals surface area contributed by atoms with Crippen LogP contribution in [0.15, 0.2) is 12.1 Å². The summed E-state index contributed by atoms with van der Waals surface area (Å²) < 4.78 is 6.17. The largest absolute Gasteiger partial charge is 0.380 e. The van der Waals surface area contributed by atoms with Gasteiger partial charge in [-0.2, -0.15) is 0 Å². The van der Waals surface area contributed by atoms with E-state index < -0.39 is 0 Å². The molecule has 1 N–H and O–H groups in total. The molecule has 14 heavy (non-hydrogen) atoms. The van der Waals surface area contributed by atoms with Gasteiger partial charge in [-0.25, -0.2) is 0 Å². The maximum Gasteiger partial charge on any atom is 0.0931 e. The lowest BCUT2D eigenvalue weighted by Crippen LogP contribution is -2.31. The number of nitrogens with one attached hydrogen (secondary N) is 1. The summed E-state index contributed by atoms with van der Waals surface area (Å²) in [6.07, 6.45) is 1.11. The van der Waals surface area contributed by atoms with Crippen molar-refractivity contribution in [1.29, 1.82) is 0 Å². The van der Waals surface area contributed by atoms with Crippen molar-refractivity contribution in [2.45, 2.75) is 25.4 Å². The molecule has 2 unspecified atom stereocenters. The lowest BCUT2D eigenvalue weighted by Gasteiger charge is -2.16. The van der Waals surface area contributed by atoms with Crippen LogP contribution in [0.5, 0.6) is 0 Å². The van der Waals surface area contributed by atoms with Crippen LogP contribution in [-0.4, -0.2) is 19.3 Å². The second-order valence-corrected chi connectivity index (χ2v) is 5.34. The van der Waals surface area contributed by atoms with Crippen molar-refractivity contribution in [3.8, 4) is 0 Å². The van der Waals surface area contributed by atoms with E-state index in [9.17, 15) is 0 Å². The first-order valence-corrected chi connectivity index (χ1v) is 6.04. The van der Waals surface area contributed by atoms with Crippen molar-refractivity contribution in [1.82, 2.24) is 5.32 Å². The fourth-order valence-corrected chi connectivity index (χ4v) is 2.74. The maximum atomic E-state index is 5.89. The third-order valence-corrected chi connectivity index (χ3v) is 3.85. The summed E-state index contributed by atoms with van der Waals surface area (Å²) in [7, 11) is 0. The first-order valence-electron chi connectivity index (χ1n) is 4.85. The quantitative estimate of drug-likeness (QED) is 0.864. The molecule has 1 aromatic rings. The molecule has 1 aliphatic heterocycles. The van der Waals surface area contributed by atoms with E-state index >= 15 is 0 Å². The van der Waals surface area contributed by atoms with E-state index in [0.29, 0.717) is 12.1 Å². The van der Waals surface area contributed by atoms with Gasteiger partial charge in [-0.1, -0.05) is 11.6 Å². The zero-order chi connectivity index (χ0) is 9.97. The van der Waals surface area contributed by atoms with E-state index in [1.807, 2.05) is 6.07 Å². The van der Waals surface area contributed by atoms with Crippen molar-refractivity contribution >= 4 is 22.9 Å². The van der Waals surface area contributed by atoms with E-state index in [2.05, 4.69) is 18.3 Å². The molecule has 1 aliphatic rings. The van der Waals surface area contributed by atoms with Crippen LogP contribution in [0, 0.1) is 0 Å². The molecule has 0 aromatic carbocycles. The van der Waals surface area contributed by atoms with Crippen LogP contribution in [0.2, 0.25) is 4.34 Å². The summed E-state index contributed by atoms with van der Waals surface area (Å²) in [5.74, 6) is 0. The monoisotopic (exact) mass is 231 g/mol. The zero-order valence-corrected chi connectivity index (χ0v) is 9.70. The third kappa shape index (κ3) is 2.48. The minimum Gasteiger partial charge on any atom is -0.380 e. The Morgan fingerprint density at radius 2 is 2.50 bits per heavy atom. The molecule has 2 heterocycles. The van der Waals surface area contributed by atoms with Crippen LogP contribution in [0.3, 0.4) is 0 Å². The second-order valence-electron chi connectivity index (χ2n) is 3.59. The van der Waals surface area contributed by atoms with Crippen molar-refractivity contribution in [2.75, 3.05) is 13.2 Å². The molecule has 0 spiro atoms. The molecule has 1 saturated heterocycles. The minimum absolute atomic E-state index is 0.374. The molecular weight excluding hydrogens is 218 g/mol. The number of thiophene rings is 1. The van der Waals surface area contributed by atoms with Crippen LogP contribution in [-0.2, 0) is 4.74 Å². The van der Waals surface area contributed by atoms with Crippen LogP contribution in [0.4, 0.5) is 0 Å². The van der Waals surface area contributed by atoms with E-state index in [0.717, 1.165) is 24.0 Å². The Bertz CT molecular complexity index is 296. The molecule has 2 atom stereocenters. The molecular formula is C10H14ClNOS. The van der Waals surface area contributed by atoms with Gasteiger partial charge in [0.25, 0.3) is 0 Å². The van der Waals surface area contributed by atoms with Gasteiger partial charge in [0.15, 0.2) is 0 Å². The molecule has 0 saturated carbocycles. The first kappa shape index (κ1) is 10.4. The summed E-state index contributed by atoms with van der Waals surface area (Å²) in [5, 5.41) is 3.54. The van der Waals surface area contributed by atoms with Gasteiger partial charge >= 0.3 is 0 Å². The molecule has 1 aromatic heterocycles. The normalized spacial score (nSPS) is 24.0. The standard InChI is InChI=1S/C10H14ClNOS/c1-7(9-2-3-10(11)14-9)12-8-4-5-13-6-8/h2-3,7-8,12H,4-6H2,1H3. The number of halogens is 1. The number of rotatable bonds is 3. The molecule has 1 fully saturated rings. The molecule has 78 valence electrons. The Morgan fingerprint density at radius 1 is 1.64 bits per heavy atom. The van der Waals surface area contributed by atoms with Crippen LogP contribution < -0.4 is 5.32 Å². The van der Waals surface area contributed by atoms with Gasteiger partial charge in [0.1, 0.15) is 0 Å². The second kappa shape index (κ2) is 4.62. The molecule has 2 rings (SSSR count). The van der Waals surface area contributed by atoms with Crippen molar-refractivity contribution in [2.24, 2.45) is 0 Å². The smallest absolute Gasteiger partial charge is 0.0931 e. The highest BCUT2D eigenvalue weighted by atomic mass is 35.5. The molecule has 0 radical (unpaired) electrons. The molecule has 2 nitrogen and oxygen atoms in total. The summed E-state index contributed by atoms with van der Waals surface area (Å²) in [6, 6.07) is 4.91. The zero-order valence-electron chi connectivity index (χ0n) is 8.13. The highest BCUT2D eigenvalue weighted by Crippen LogP contribution is 2.27. The number of ether oxygens (including phenoxy) is 1. The lowest BCUT2D eigenvalue weighted by atomic mass is 10.2. The number of hydrogen-bond acceptors (Lipinski definition) is 3. The molecule has 4 heteroatoms. The first-order chi connectivity index (χ1) is 6.75. The number of hydrogen-bond donors (Lipinski definition) is 1. The van der Waals surface area contributed by atoms with Gasteiger partial charge in [0, 0.05) is 23.6 Å². The molecule has 0 bridgehead atoms. The Labute approximate surface area is 93.2 Å². The Balaban J connectivity index is 1.91. The minimum atomic E-state index is 0.374. The van der Waals surface area contributed by atoms with E-state index in [-0.39, 0.29) is 0 Å². The van der Waals surface area contributed by atoms with Crippen LogP contribution in [0.25, 0.3) is 0 Å². The van der Waals surface area contributed by atoms with Crippen LogP contribution >= 0.6 is 22.9 Å². The van der Waals surface area contributed by atoms with Gasteiger partial charge in [-0.15, -0.1) is 11.3 Å². The van der Waals surface area contributed by atoms with E-state index in [4.69, 9.17) is 16.3 Å².